The number of pyridine rings is 5. The lowest BCUT2D eigenvalue weighted by Gasteiger charge is -2.41. The van der Waals surface area contributed by atoms with Gasteiger partial charge in [-0.2, -0.15) is 0 Å². The molecule has 1 spiro atoms. The van der Waals surface area contributed by atoms with Gasteiger partial charge in [0.05, 0.1) is 38.8 Å². The summed E-state index contributed by atoms with van der Waals surface area (Å²) in [5, 5.41) is 0. The molecule has 7 heterocycles. The summed E-state index contributed by atoms with van der Waals surface area (Å²) in [6, 6.07) is 66.8. The fourth-order valence-corrected chi connectivity index (χ4v) is 12.0. The Labute approximate surface area is 408 Å². The van der Waals surface area contributed by atoms with Crippen LogP contribution in [0.1, 0.15) is 22.3 Å². The van der Waals surface area contributed by atoms with Crippen LogP contribution in [0.4, 0.5) is 17.1 Å². The Kier molecular flexibility index (Phi) is 9.22. The zero-order valence-electron chi connectivity index (χ0n) is 37.4. The standard InChI is InChI=1S/C62H38N6OS/c1-2-14-48(47(13-1)45-35-43(39-24-30-63-31-25-39)34-44(36-45)40-26-32-64-33-27-40)53-22-20-51-59(67-53)58-50(16-9-29-66-58)62(51)49-15-3-5-18-56(49)69-60-52(62)21-23-55-61(60)70-57-19-6-4-17-54(57)68(55)46-12-7-10-41(37-46)42-11-8-28-65-38-42/h1-38H. The van der Waals surface area contributed by atoms with Gasteiger partial charge >= 0.3 is 0 Å². The number of fused-ring (bicyclic) bond motifs is 12. The maximum absolute atomic E-state index is 7.22. The predicted octanol–water partition coefficient (Wildman–Crippen LogP) is 15.4. The molecule has 0 radical (unpaired) electrons. The minimum atomic E-state index is -0.774. The SMILES string of the molecule is c1cncc(-c2cccc(N3c4ccccc4Sc4c3ccc3c4Oc4ccccc4C34c3cccnc3-c3nc(-c5ccccc5-c5cc(-c6ccncc6)cc(-c6ccncc6)c5)ccc34)c2)c1. The van der Waals surface area contributed by atoms with Crippen molar-refractivity contribution in [2.75, 3.05) is 4.90 Å². The van der Waals surface area contributed by atoms with E-state index in [0.29, 0.717) is 0 Å². The Balaban J connectivity index is 0.954. The number of nitrogens with zero attached hydrogens (tertiary/aromatic N) is 6. The first-order valence-corrected chi connectivity index (χ1v) is 24.1. The van der Waals surface area contributed by atoms with Crippen molar-refractivity contribution in [2.45, 2.75) is 15.2 Å². The molecule has 6 aromatic carbocycles. The van der Waals surface area contributed by atoms with Crippen LogP contribution in [-0.2, 0) is 5.41 Å². The lowest BCUT2D eigenvalue weighted by molar-refractivity contribution is 0.426. The van der Waals surface area contributed by atoms with Gasteiger partial charge in [0.1, 0.15) is 11.5 Å². The minimum Gasteiger partial charge on any atom is -0.455 e. The second-order valence-electron chi connectivity index (χ2n) is 17.6. The molecule has 0 bridgehead atoms. The average Bonchev–Trinajstić information content (AvgIpc) is 3.72. The summed E-state index contributed by atoms with van der Waals surface area (Å²) in [7, 11) is 0. The van der Waals surface area contributed by atoms with Gasteiger partial charge in [0, 0.05) is 76.2 Å². The van der Waals surface area contributed by atoms with Crippen molar-refractivity contribution in [1.82, 2.24) is 24.9 Å². The molecule has 0 fully saturated rings. The number of ether oxygens (including phenoxy) is 1. The minimum absolute atomic E-state index is 0.774. The molecule has 1 unspecified atom stereocenters. The second-order valence-corrected chi connectivity index (χ2v) is 18.7. The molecule has 2 aliphatic heterocycles. The Morgan fingerprint density at radius 1 is 0.429 bits per heavy atom. The molecule has 0 amide bonds. The molecule has 70 heavy (non-hydrogen) atoms. The molecule has 14 rings (SSSR count). The first-order chi connectivity index (χ1) is 34.7. The van der Waals surface area contributed by atoms with Gasteiger partial charge in [0.15, 0.2) is 0 Å². The maximum atomic E-state index is 7.22. The normalized spacial score (nSPS) is 14.7. The van der Waals surface area contributed by atoms with Crippen LogP contribution in [0.15, 0.2) is 241 Å². The van der Waals surface area contributed by atoms with E-state index in [1.807, 2.05) is 49.4 Å². The van der Waals surface area contributed by atoms with Crippen LogP contribution >= 0.6 is 11.8 Å². The molecule has 1 atom stereocenters. The number of benzene rings is 6. The summed E-state index contributed by atoms with van der Waals surface area (Å²) in [6.07, 6.45) is 13.0. The van der Waals surface area contributed by atoms with Gasteiger partial charge < -0.3 is 9.64 Å². The first-order valence-electron chi connectivity index (χ1n) is 23.3. The van der Waals surface area contributed by atoms with Gasteiger partial charge in [-0.05, 0) is 147 Å². The van der Waals surface area contributed by atoms with Crippen LogP contribution in [0, 0.1) is 0 Å². The van der Waals surface area contributed by atoms with E-state index >= 15 is 0 Å². The Morgan fingerprint density at radius 2 is 1.11 bits per heavy atom. The van der Waals surface area contributed by atoms with Gasteiger partial charge in [0.2, 0.25) is 0 Å². The summed E-state index contributed by atoms with van der Waals surface area (Å²) >= 11 is 1.76. The molecule has 0 saturated carbocycles. The highest BCUT2D eigenvalue weighted by atomic mass is 32.2. The lowest BCUT2D eigenvalue weighted by Crippen LogP contribution is -2.33. The highest BCUT2D eigenvalue weighted by Gasteiger charge is 2.53. The van der Waals surface area contributed by atoms with Crippen molar-refractivity contribution in [3.63, 3.8) is 0 Å². The van der Waals surface area contributed by atoms with Gasteiger partial charge in [-0.3, -0.25) is 19.9 Å². The maximum Gasteiger partial charge on any atom is 0.148 e. The third-order valence-electron chi connectivity index (χ3n) is 13.9. The number of hydrogen-bond acceptors (Lipinski definition) is 8. The molecule has 0 saturated heterocycles. The van der Waals surface area contributed by atoms with Crippen molar-refractivity contribution in [3.05, 3.63) is 254 Å². The number of para-hydroxylation sites is 2. The zero-order valence-corrected chi connectivity index (χ0v) is 38.3. The molecule has 5 aromatic heterocycles. The van der Waals surface area contributed by atoms with Crippen LogP contribution in [0.5, 0.6) is 11.5 Å². The number of rotatable bonds is 6. The quantitative estimate of drug-likeness (QED) is 0.163. The third-order valence-corrected chi connectivity index (χ3v) is 15.0. The predicted molar refractivity (Wildman–Crippen MR) is 279 cm³/mol. The fraction of sp³-hybridized carbons (Fsp3) is 0.0161. The van der Waals surface area contributed by atoms with Crippen molar-refractivity contribution in [1.29, 1.82) is 0 Å². The summed E-state index contributed by atoms with van der Waals surface area (Å²) in [6.45, 7) is 0. The van der Waals surface area contributed by atoms with Crippen LogP contribution in [0.2, 0.25) is 0 Å². The van der Waals surface area contributed by atoms with Gasteiger partial charge in [-0.1, -0.05) is 103 Å². The van der Waals surface area contributed by atoms with Crippen molar-refractivity contribution < 1.29 is 4.74 Å². The van der Waals surface area contributed by atoms with Crippen molar-refractivity contribution in [3.8, 4) is 78.7 Å². The largest absolute Gasteiger partial charge is 0.455 e. The van der Waals surface area contributed by atoms with Crippen LogP contribution in [-0.4, -0.2) is 24.9 Å². The lowest BCUT2D eigenvalue weighted by atomic mass is 9.66. The van der Waals surface area contributed by atoms with E-state index in [4.69, 9.17) is 14.7 Å². The second kappa shape index (κ2) is 16.1. The number of aromatic nitrogens is 5. The van der Waals surface area contributed by atoms with E-state index in [9.17, 15) is 0 Å². The summed E-state index contributed by atoms with van der Waals surface area (Å²) in [5.74, 6) is 1.64. The van der Waals surface area contributed by atoms with Gasteiger partial charge in [0.25, 0.3) is 0 Å². The topological polar surface area (TPSA) is 76.9 Å². The average molecular weight is 915 g/mol. The van der Waals surface area contributed by atoms with Crippen LogP contribution in [0.25, 0.3) is 67.2 Å². The van der Waals surface area contributed by atoms with E-state index in [1.165, 1.54) is 0 Å². The van der Waals surface area contributed by atoms with E-state index in [0.717, 1.165) is 128 Å². The summed E-state index contributed by atoms with van der Waals surface area (Å²) in [4.78, 5) is 28.4. The van der Waals surface area contributed by atoms with Gasteiger partial charge in [-0.15, -0.1) is 0 Å². The van der Waals surface area contributed by atoms with E-state index in [1.54, 1.807) is 11.8 Å². The van der Waals surface area contributed by atoms with E-state index < -0.39 is 5.41 Å². The van der Waals surface area contributed by atoms with E-state index in [2.05, 4.69) is 202 Å². The van der Waals surface area contributed by atoms with Crippen molar-refractivity contribution >= 4 is 28.8 Å². The first kappa shape index (κ1) is 40.1. The Hall–Kier alpha value is -8.98. The van der Waals surface area contributed by atoms with Gasteiger partial charge in [-0.25, -0.2) is 4.98 Å². The molecule has 8 heteroatoms. The Bertz CT molecular complexity index is 3810. The molecule has 328 valence electrons. The number of hydrogen-bond donors (Lipinski definition) is 0. The molecule has 1 aliphatic carbocycles. The van der Waals surface area contributed by atoms with Crippen molar-refractivity contribution in [2.24, 2.45) is 0 Å². The molecule has 7 nitrogen and oxygen atoms in total. The van der Waals surface area contributed by atoms with Crippen LogP contribution < -0.4 is 9.64 Å². The summed E-state index contributed by atoms with van der Waals surface area (Å²) in [5.41, 5.74) is 19.0. The monoisotopic (exact) mass is 914 g/mol. The highest BCUT2D eigenvalue weighted by molar-refractivity contribution is 7.99. The smallest absolute Gasteiger partial charge is 0.148 e. The van der Waals surface area contributed by atoms with E-state index in [-0.39, 0.29) is 0 Å². The Morgan fingerprint density at radius 3 is 1.93 bits per heavy atom. The molecule has 3 aliphatic rings. The molecule has 11 aromatic rings. The zero-order chi connectivity index (χ0) is 46.2. The van der Waals surface area contributed by atoms with Crippen LogP contribution in [0.3, 0.4) is 0 Å². The summed E-state index contributed by atoms with van der Waals surface area (Å²) < 4.78 is 7.22. The molecular weight excluding hydrogens is 877 g/mol. The number of anilines is 3. The molecular formula is C62H38N6OS. The molecule has 0 N–H and O–H groups in total. The third kappa shape index (κ3) is 6.20. The fourth-order valence-electron chi connectivity index (χ4n) is 10.8. The highest BCUT2D eigenvalue weighted by Crippen LogP contribution is 2.65.